The van der Waals surface area contributed by atoms with Gasteiger partial charge in [0.05, 0.1) is 29.3 Å². The monoisotopic (exact) mass is 398 g/mol. The first-order valence-corrected chi connectivity index (χ1v) is 9.82. The molecule has 0 saturated heterocycles. The number of likely N-dealkylation sites (N-methyl/N-ethyl adjacent to an activating group) is 1. The molecule has 0 spiro atoms. The zero-order valence-corrected chi connectivity index (χ0v) is 16.9. The maximum Gasteiger partial charge on any atom is 0.155 e. The fourth-order valence-electron chi connectivity index (χ4n) is 3.39. The summed E-state index contributed by atoms with van der Waals surface area (Å²) in [7, 11) is 4.07. The fourth-order valence-corrected chi connectivity index (χ4v) is 3.39. The van der Waals surface area contributed by atoms with E-state index in [0.29, 0.717) is 6.61 Å². The van der Waals surface area contributed by atoms with Gasteiger partial charge in [0.2, 0.25) is 0 Å². The van der Waals surface area contributed by atoms with Crippen LogP contribution in [0.3, 0.4) is 0 Å². The molecule has 2 aromatic carbocycles. The van der Waals surface area contributed by atoms with E-state index in [1.54, 1.807) is 12.4 Å². The van der Waals surface area contributed by atoms with Crippen LogP contribution in [0.4, 0.5) is 0 Å². The van der Waals surface area contributed by atoms with Crippen LogP contribution in [0.1, 0.15) is 0 Å². The van der Waals surface area contributed by atoms with Crippen molar-refractivity contribution in [2.75, 3.05) is 27.2 Å². The summed E-state index contributed by atoms with van der Waals surface area (Å²) in [6, 6.07) is 14.3. The minimum atomic E-state index is 0.661. The third kappa shape index (κ3) is 3.51. The Morgan fingerprint density at radius 1 is 1.00 bits per heavy atom. The Bertz CT molecular complexity index is 1300. The van der Waals surface area contributed by atoms with E-state index in [2.05, 4.69) is 38.2 Å². The molecule has 3 aromatic heterocycles. The molecule has 5 aromatic rings. The minimum Gasteiger partial charge on any atom is -0.492 e. The highest BCUT2D eigenvalue weighted by Gasteiger charge is 2.09. The smallest absolute Gasteiger partial charge is 0.155 e. The molecule has 5 rings (SSSR count). The third-order valence-electron chi connectivity index (χ3n) is 5.03. The first-order chi connectivity index (χ1) is 14.7. The molecule has 0 aliphatic heterocycles. The molecule has 7 heteroatoms. The number of ether oxygens (including phenoxy) is 1. The molecule has 30 heavy (non-hydrogen) atoms. The molecule has 0 amide bonds. The van der Waals surface area contributed by atoms with Gasteiger partial charge in [-0.15, -0.1) is 0 Å². The van der Waals surface area contributed by atoms with E-state index in [-0.39, 0.29) is 0 Å². The van der Waals surface area contributed by atoms with Crippen LogP contribution < -0.4 is 4.74 Å². The predicted molar refractivity (Wildman–Crippen MR) is 117 cm³/mol. The van der Waals surface area contributed by atoms with E-state index in [4.69, 9.17) is 4.74 Å². The minimum absolute atomic E-state index is 0.661. The van der Waals surface area contributed by atoms with E-state index >= 15 is 0 Å². The van der Waals surface area contributed by atoms with Gasteiger partial charge in [0, 0.05) is 36.1 Å². The highest BCUT2D eigenvalue weighted by atomic mass is 16.5. The summed E-state index contributed by atoms with van der Waals surface area (Å²) >= 11 is 0. The van der Waals surface area contributed by atoms with E-state index in [9.17, 15) is 0 Å². The third-order valence-corrected chi connectivity index (χ3v) is 5.03. The Labute approximate surface area is 174 Å². The molecule has 3 heterocycles. The molecule has 7 nitrogen and oxygen atoms in total. The maximum absolute atomic E-state index is 5.80. The number of rotatable bonds is 6. The van der Waals surface area contributed by atoms with Gasteiger partial charge in [0.15, 0.2) is 5.65 Å². The molecule has 0 bridgehead atoms. The summed E-state index contributed by atoms with van der Waals surface area (Å²) in [5.41, 5.74) is 4.77. The Balaban J connectivity index is 1.45. The predicted octanol–water partition coefficient (Wildman–Crippen LogP) is 3.68. The summed E-state index contributed by atoms with van der Waals surface area (Å²) in [6.45, 7) is 1.54. The number of nitrogens with zero attached hydrogens (tertiary/aromatic N) is 6. The molecule has 0 fully saturated rings. The van der Waals surface area contributed by atoms with Crippen molar-refractivity contribution in [1.82, 2.24) is 29.0 Å². The van der Waals surface area contributed by atoms with Gasteiger partial charge in [0.25, 0.3) is 0 Å². The number of imidazole rings is 1. The van der Waals surface area contributed by atoms with Crippen LogP contribution in [0.25, 0.3) is 33.5 Å². The summed E-state index contributed by atoms with van der Waals surface area (Å²) in [5, 5.41) is 5.67. The SMILES string of the molecule is CN(C)CCOc1ccc(-n2ncc3ccc(-c4cn5ccnc5cn4)cc32)cc1. The van der Waals surface area contributed by atoms with E-state index in [1.165, 1.54) is 0 Å². The normalized spacial score (nSPS) is 11.6. The summed E-state index contributed by atoms with van der Waals surface area (Å²) in [5.74, 6) is 0.857. The number of hydrogen-bond acceptors (Lipinski definition) is 5. The number of fused-ring (bicyclic) bond motifs is 2. The van der Waals surface area contributed by atoms with Crippen LogP contribution in [0.5, 0.6) is 5.75 Å². The van der Waals surface area contributed by atoms with E-state index < -0.39 is 0 Å². The molecular weight excluding hydrogens is 376 g/mol. The lowest BCUT2D eigenvalue weighted by Crippen LogP contribution is -2.19. The zero-order valence-electron chi connectivity index (χ0n) is 16.9. The number of hydrogen-bond donors (Lipinski definition) is 0. The number of benzene rings is 2. The maximum atomic E-state index is 5.80. The second-order valence-electron chi connectivity index (χ2n) is 7.44. The van der Waals surface area contributed by atoms with Crippen molar-refractivity contribution in [2.45, 2.75) is 0 Å². The lowest BCUT2D eigenvalue weighted by molar-refractivity contribution is 0.261. The van der Waals surface area contributed by atoms with Crippen molar-refractivity contribution in [3.8, 4) is 22.7 Å². The average molecular weight is 398 g/mol. The van der Waals surface area contributed by atoms with Crippen molar-refractivity contribution >= 4 is 16.6 Å². The lowest BCUT2D eigenvalue weighted by atomic mass is 10.1. The fraction of sp³-hybridized carbons (Fsp3) is 0.174. The van der Waals surface area contributed by atoms with Crippen LogP contribution in [0, 0.1) is 0 Å². The van der Waals surface area contributed by atoms with Gasteiger partial charge >= 0.3 is 0 Å². The highest BCUT2D eigenvalue weighted by Crippen LogP contribution is 2.26. The summed E-state index contributed by atoms with van der Waals surface area (Å²) in [4.78, 5) is 10.9. The largest absolute Gasteiger partial charge is 0.492 e. The molecule has 0 aliphatic rings. The Hall–Kier alpha value is -3.71. The molecular formula is C23H22N6O. The first kappa shape index (κ1) is 18.3. The van der Waals surface area contributed by atoms with Crippen LogP contribution in [0.2, 0.25) is 0 Å². The molecule has 0 N–H and O–H groups in total. The van der Waals surface area contributed by atoms with Crippen molar-refractivity contribution in [3.05, 3.63) is 73.4 Å². The Morgan fingerprint density at radius 2 is 1.87 bits per heavy atom. The van der Waals surface area contributed by atoms with Gasteiger partial charge in [-0.05, 0) is 44.4 Å². The topological polar surface area (TPSA) is 60.5 Å². The van der Waals surface area contributed by atoms with Crippen molar-refractivity contribution in [1.29, 1.82) is 0 Å². The summed E-state index contributed by atoms with van der Waals surface area (Å²) in [6.07, 6.45) is 9.35. The summed E-state index contributed by atoms with van der Waals surface area (Å²) < 4.78 is 9.71. The molecule has 0 unspecified atom stereocenters. The highest BCUT2D eigenvalue weighted by molar-refractivity contribution is 5.85. The Kier molecular flexibility index (Phi) is 4.65. The lowest BCUT2D eigenvalue weighted by Gasteiger charge is -2.11. The van der Waals surface area contributed by atoms with E-state index in [0.717, 1.165) is 45.8 Å². The molecule has 0 saturated carbocycles. The van der Waals surface area contributed by atoms with Gasteiger partial charge in [-0.1, -0.05) is 12.1 Å². The van der Waals surface area contributed by atoms with Gasteiger partial charge < -0.3 is 14.0 Å². The molecule has 0 radical (unpaired) electrons. The van der Waals surface area contributed by atoms with Crippen LogP contribution in [-0.4, -0.2) is 56.3 Å². The van der Waals surface area contributed by atoms with Gasteiger partial charge in [0.1, 0.15) is 12.4 Å². The quantitative estimate of drug-likeness (QED) is 0.437. The van der Waals surface area contributed by atoms with Crippen LogP contribution in [0.15, 0.2) is 73.4 Å². The van der Waals surface area contributed by atoms with Crippen molar-refractivity contribution in [3.63, 3.8) is 0 Å². The van der Waals surface area contributed by atoms with Crippen molar-refractivity contribution in [2.24, 2.45) is 0 Å². The van der Waals surface area contributed by atoms with Crippen LogP contribution >= 0.6 is 0 Å². The second-order valence-corrected chi connectivity index (χ2v) is 7.44. The van der Waals surface area contributed by atoms with E-state index in [1.807, 2.05) is 66.0 Å². The first-order valence-electron chi connectivity index (χ1n) is 9.82. The molecule has 150 valence electrons. The van der Waals surface area contributed by atoms with Gasteiger partial charge in [-0.25, -0.2) is 9.67 Å². The van der Waals surface area contributed by atoms with Crippen LogP contribution in [-0.2, 0) is 0 Å². The standard InChI is InChI=1S/C23H22N6O/c1-27(2)11-12-30-20-7-5-19(6-8-20)29-22-13-17(3-4-18(22)14-26-29)21-16-28-10-9-24-23(28)15-25-21/h3-10,13-16H,11-12H2,1-2H3. The molecule has 0 atom stereocenters. The zero-order chi connectivity index (χ0) is 20.5. The average Bonchev–Trinajstić information content (AvgIpc) is 3.40. The van der Waals surface area contributed by atoms with Gasteiger partial charge in [-0.2, -0.15) is 5.10 Å². The second kappa shape index (κ2) is 7.61. The van der Waals surface area contributed by atoms with Crippen molar-refractivity contribution < 1.29 is 4.74 Å². The number of aromatic nitrogens is 5. The Morgan fingerprint density at radius 3 is 2.70 bits per heavy atom. The van der Waals surface area contributed by atoms with Gasteiger partial charge in [-0.3, -0.25) is 4.98 Å². The molecule has 0 aliphatic carbocycles.